The van der Waals surface area contributed by atoms with Gasteiger partial charge in [-0.05, 0) is 24.3 Å². The third-order valence-corrected chi connectivity index (χ3v) is 3.33. The quantitative estimate of drug-likeness (QED) is 0.787. The lowest BCUT2D eigenvalue weighted by Gasteiger charge is -2.07. The minimum atomic E-state index is -0.468. The Kier molecular flexibility index (Phi) is 3.98. The third-order valence-electron chi connectivity index (χ3n) is 3.09. The number of nitrogens with zero attached hydrogens (tertiary/aromatic N) is 4. The van der Waals surface area contributed by atoms with Crippen molar-refractivity contribution in [2.75, 3.05) is 12.4 Å². The van der Waals surface area contributed by atoms with Crippen LogP contribution in [0.15, 0.2) is 34.9 Å². The standard InChI is InChI=1S/C14H12ClN5O3/c1-20-10(5-6-16-20)13-18-19-14(23-13)17-12(21)9-7-8(15)3-4-11(9)22-2/h3-7H,1-2H3,(H,17,19,21). The topological polar surface area (TPSA) is 95.1 Å². The molecule has 9 heteroatoms. The number of methoxy groups -OCH3 is 1. The Balaban J connectivity index is 1.83. The number of anilines is 1. The SMILES string of the molecule is COc1ccc(Cl)cc1C(=O)Nc1nnc(-c2ccnn2C)o1. The van der Waals surface area contributed by atoms with Gasteiger partial charge in [-0.25, -0.2) is 0 Å². The second-order valence-electron chi connectivity index (χ2n) is 4.55. The van der Waals surface area contributed by atoms with Crippen molar-refractivity contribution in [3.8, 4) is 17.3 Å². The van der Waals surface area contributed by atoms with Gasteiger partial charge < -0.3 is 9.15 Å². The largest absolute Gasteiger partial charge is 0.496 e. The number of halogens is 1. The maximum absolute atomic E-state index is 12.3. The van der Waals surface area contributed by atoms with E-state index in [0.29, 0.717) is 16.5 Å². The van der Waals surface area contributed by atoms with Crippen LogP contribution in [0.1, 0.15) is 10.4 Å². The van der Waals surface area contributed by atoms with E-state index in [0.717, 1.165) is 0 Å². The Morgan fingerprint density at radius 1 is 1.35 bits per heavy atom. The van der Waals surface area contributed by atoms with Crippen LogP contribution in [-0.4, -0.2) is 33.0 Å². The Morgan fingerprint density at radius 3 is 2.87 bits per heavy atom. The number of aromatic nitrogens is 4. The zero-order valence-electron chi connectivity index (χ0n) is 12.3. The Hall–Kier alpha value is -2.87. The van der Waals surface area contributed by atoms with E-state index in [9.17, 15) is 4.79 Å². The van der Waals surface area contributed by atoms with Gasteiger partial charge in [0, 0.05) is 18.3 Å². The maximum atomic E-state index is 12.3. The van der Waals surface area contributed by atoms with E-state index < -0.39 is 5.91 Å². The van der Waals surface area contributed by atoms with Crippen molar-refractivity contribution in [2.45, 2.75) is 0 Å². The second kappa shape index (κ2) is 6.09. The number of benzene rings is 1. The number of rotatable bonds is 4. The smallest absolute Gasteiger partial charge is 0.322 e. The monoisotopic (exact) mass is 333 g/mol. The van der Waals surface area contributed by atoms with Gasteiger partial charge in [-0.2, -0.15) is 5.10 Å². The van der Waals surface area contributed by atoms with Crippen LogP contribution in [0.3, 0.4) is 0 Å². The van der Waals surface area contributed by atoms with Crippen molar-refractivity contribution in [3.63, 3.8) is 0 Å². The highest BCUT2D eigenvalue weighted by atomic mass is 35.5. The average Bonchev–Trinajstić information content (AvgIpc) is 3.15. The van der Waals surface area contributed by atoms with Crippen LogP contribution in [0.5, 0.6) is 5.75 Å². The molecule has 3 aromatic rings. The van der Waals surface area contributed by atoms with Crippen LogP contribution in [0.4, 0.5) is 6.01 Å². The molecule has 3 rings (SSSR count). The van der Waals surface area contributed by atoms with E-state index in [1.54, 1.807) is 36.1 Å². The molecule has 0 atom stereocenters. The van der Waals surface area contributed by atoms with E-state index in [4.69, 9.17) is 20.8 Å². The van der Waals surface area contributed by atoms with Crippen molar-refractivity contribution in [2.24, 2.45) is 7.05 Å². The Bertz CT molecular complexity index is 858. The van der Waals surface area contributed by atoms with Crippen molar-refractivity contribution >= 4 is 23.5 Å². The molecule has 0 fully saturated rings. The molecule has 0 aliphatic carbocycles. The predicted molar refractivity (Wildman–Crippen MR) is 82.5 cm³/mol. The van der Waals surface area contributed by atoms with Gasteiger partial charge in [0.05, 0.1) is 12.7 Å². The third kappa shape index (κ3) is 3.02. The minimum Gasteiger partial charge on any atom is -0.496 e. The zero-order valence-corrected chi connectivity index (χ0v) is 13.0. The maximum Gasteiger partial charge on any atom is 0.322 e. The number of aryl methyl sites for hydroxylation is 1. The fourth-order valence-electron chi connectivity index (χ4n) is 1.98. The summed E-state index contributed by atoms with van der Waals surface area (Å²) >= 11 is 5.91. The number of ether oxygens (including phenoxy) is 1. The van der Waals surface area contributed by atoms with E-state index in [1.807, 2.05) is 0 Å². The van der Waals surface area contributed by atoms with Crippen LogP contribution < -0.4 is 10.1 Å². The van der Waals surface area contributed by atoms with Gasteiger partial charge in [0.15, 0.2) is 0 Å². The number of carbonyl (C=O) groups is 1. The van der Waals surface area contributed by atoms with E-state index in [1.165, 1.54) is 13.2 Å². The summed E-state index contributed by atoms with van der Waals surface area (Å²) in [5.74, 6) is 0.168. The molecule has 0 unspecified atom stereocenters. The lowest BCUT2D eigenvalue weighted by Crippen LogP contribution is -2.13. The van der Waals surface area contributed by atoms with Crippen molar-refractivity contribution in [1.29, 1.82) is 0 Å². The molecule has 8 nitrogen and oxygen atoms in total. The molecule has 0 bridgehead atoms. The fourth-order valence-corrected chi connectivity index (χ4v) is 2.16. The highest BCUT2D eigenvalue weighted by Crippen LogP contribution is 2.24. The molecule has 2 aromatic heterocycles. The number of amides is 1. The lowest BCUT2D eigenvalue weighted by molar-refractivity contribution is 0.102. The van der Waals surface area contributed by atoms with E-state index in [-0.39, 0.29) is 17.5 Å². The van der Waals surface area contributed by atoms with Gasteiger partial charge >= 0.3 is 6.01 Å². The molecule has 0 saturated carbocycles. The molecule has 0 radical (unpaired) electrons. The molecule has 2 heterocycles. The normalized spacial score (nSPS) is 10.6. The highest BCUT2D eigenvalue weighted by Gasteiger charge is 2.17. The van der Waals surface area contributed by atoms with Gasteiger partial charge in [-0.15, -0.1) is 5.10 Å². The molecule has 23 heavy (non-hydrogen) atoms. The van der Waals surface area contributed by atoms with Crippen molar-refractivity contribution in [1.82, 2.24) is 20.0 Å². The first-order valence-electron chi connectivity index (χ1n) is 6.55. The van der Waals surface area contributed by atoms with Crippen LogP contribution in [0.2, 0.25) is 5.02 Å². The molecule has 1 amide bonds. The summed E-state index contributed by atoms with van der Waals surface area (Å²) in [6.07, 6.45) is 1.61. The molecule has 0 aliphatic rings. The summed E-state index contributed by atoms with van der Waals surface area (Å²) in [5.41, 5.74) is 0.901. The van der Waals surface area contributed by atoms with Crippen LogP contribution in [0.25, 0.3) is 11.6 Å². The summed E-state index contributed by atoms with van der Waals surface area (Å²) < 4.78 is 12.1. The highest BCUT2D eigenvalue weighted by molar-refractivity contribution is 6.31. The predicted octanol–water partition coefficient (Wildman–Crippen LogP) is 2.38. The average molecular weight is 334 g/mol. The van der Waals surface area contributed by atoms with Crippen LogP contribution in [-0.2, 0) is 7.05 Å². The van der Waals surface area contributed by atoms with Crippen LogP contribution >= 0.6 is 11.6 Å². The van der Waals surface area contributed by atoms with E-state index >= 15 is 0 Å². The molecule has 118 valence electrons. The molecule has 1 aromatic carbocycles. The molecule has 1 N–H and O–H groups in total. The molecule has 0 aliphatic heterocycles. The number of carbonyl (C=O) groups excluding carboxylic acids is 1. The Morgan fingerprint density at radius 2 is 2.17 bits per heavy atom. The minimum absolute atomic E-state index is 0.0340. The summed E-state index contributed by atoms with van der Waals surface area (Å²) in [6, 6.07) is 6.41. The summed E-state index contributed by atoms with van der Waals surface area (Å²) in [7, 11) is 3.21. The number of hydrogen-bond donors (Lipinski definition) is 1. The van der Waals surface area contributed by atoms with Gasteiger partial charge in [-0.3, -0.25) is 14.8 Å². The van der Waals surface area contributed by atoms with Gasteiger partial charge in [0.2, 0.25) is 0 Å². The molecule has 0 saturated heterocycles. The van der Waals surface area contributed by atoms with E-state index in [2.05, 4.69) is 20.6 Å². The van der Waals surface area contributed by atoms with Crippen molar-refractivity contribution in [3.05, 3.63) is 41.0 Å². The first-order chi connectivity index (χ1) is 11.1. The van der Waals surface area contributed by atoms with Crippen molar-refractivity contribution < 1.29 is 13.9 Å². The van der Waals surface area contributed by atoms with Crippen LogP contribution in [0, 0.1) is 0 Å². The Labute approximate surface area is 136 Å². The first kappa shape index (κ1) is 15.0. The molecular weight excluding hydrogens is 322 g/mol. The summed E-state index contributed by atoms with van der Waals surface area (Å²) in [6.45, 7) is 0. The number of hydrogen-bond acceptors (Lipinski definition) is 6. The van der Waals surface area contributed by atoms with Gasteiger partial charge in [0.25, 0.3) is 11.8 Å². The molecule has 0 spiro atoms. The lowest BCUT2D eigenvalue weighted by atomic mass is 10.2. The second-order valence-corrected chi connectivity index (χ2v) is 4.99. The summed E-state index contributed by atoms with van der Waals surface area (Å²) in [5, 5.41) is 14.6. The first-order valence-corrected chi connectivity index (χ1v) is 6.93. The van der Waals surface area contributed by atoms with Gasteiger partial charge in [0.1, 0.15) is 11.4 Å². The zero-order chi connectivity index (χ0) is 16.4. The fraction of sp³-hybridized carbons (Fsp3) is 0.143. The van der Waals surface area contributed by atoms with Gasteiger partial charge in [-0.1, -0.05) is 16.7 Å². The molecular formula is C14H12ClN5O3. The summed E-state index contributed by atoms with van der Waals surface area (Å²) in [4.78, 5) is 12.3. The number of nitrogens with one attached hydrogen (secondary N) is 1.